The molecular weight excluding hydrogens is 204 g/mol. The number of nitrogens with two attached hydrogens (primary N) is 1. The molecule has 4 nitrogen and oxygen atoms in total. The predicted molar refractivity (Wildman–Crippen MR) is 62.2 cm³/mol. The molecule has 1 saturated heterocycles. The van der Waals surface area contributed by atoms with Crippen LogP contribution < -0.4 is 10.6 Å². The minimum atomic E-state index is -0.265. The van der Waals surface area contributed by atoms with Gasteiger partial charge in [-0.2, -0.15) is 0 Å². The Kier molecular flexibility index (Phi) is 3.10. The third-order valence-electron chi connectivity index (χ3n) is 2.85. The molecule has 1 aliphatic heterocycles. The van der Waals surface area contributed by atoms with Crippen LogP contribution in [0.2, 0.25) is 0 Å². The van der Waals surface area contributed by atoms with Crippen molar-refractivity contribution >= 4 is 11.8 Å². The molecule has 0 spiro atoms. The van der Waals surface area contributed by atoms with Gasteiger partial charge in [-0.05, 0) is 24.6 Å². The van der Waals surface area contributed by atoms with Crippen LogP contribution in [-0.2, 0) is 11.3 Å². The Hall–Kier alpha value is -1.55. The minimum absolute atomic E-state index is 0.185. The molecule has 0 radical (unpaired) electrons. The molecule has 1 unspecified atom stereocenters. The molecule has 0 saturated carbocycles. The Morgan fingerprint density at radius 1 is 1.44 bits per heavy atom. The van der Waals surface area contributed by atoms with Crippen LogP contribution in [-0.4, -0.2) is 18.7 Å². The average Bonchev–Trinajstić information content (AvgIpc) is 2.30. The molecule has 86 valence electrons. The van der Waals surface area contributed by atoms with Crippen molar-refractivity contribution in [2.24, 2.45) is 5.73 Å². The van der Waals surface area contributed by atoms with E-state index in [0.717, 1.165) is 17.7 Å². The number of carbonyl (C=O) groups is 1. The summed E-state index contributed by atoms with van der Waals surface area (Å²) in [6, 6.07) is 7.87. The quantitative estimate of drug-likeness (QED) is 0.828. The Balaban J connectivity index is 2.23. The van der Waals surface area contributed by atoms with Gasteiger partial charge in [0.05, 0.1) is 6.61 Å². The van der Waals surface area contributed by atoms with Crippen LogP contribution in [0.4, 0.5) is 10.5 Å². The molecule has 16 heavy (non-hydrogen) atoms. The third kappa shape index (κ3) is 2.02. The van der Waals surface area contributed by atoms with Crippen LogP contribution in [0.25, 0.3) is 0 Å². The molecule has 0 aromatic heterocycles. The maximum Gasteiger partial charge on any atom is 0.414 e. The molecule has 1 amide bonds. The van der Waals surface area contributed by atoms with E-state index in [4.69, 9.17) is 10.5 Å². The summed E-state index contributed by atoms with van der Waals surface area (Å²) in [6.45, 7) is 3.05. The van der Waals surface area contributed by atoms with Gasteiger partial charge in [0.2, 0.25) is 0 Å². The van der Waals surface area contributed by atoms with Gasteiger partial charge in [0.1, 0.15) is 0 Å². The van der Waals surface area contributed by atoms with Crippen molar-refractivity contribution < 1.29 is 9.53 Å². The molecule has 1 aromatic rings. The number of anilines is 1. The number of benzene rings is 1. The number of ether oxygens (including phenoxy) is 1. The van der Waals surface area contributed by atoms with Crippen molar-refractivity contribution in [3.05, 3.63) is 29.8 Å². The molecule has 1 aliphatic rings. The SMILES string of the molecule is CC1CCOC(=O)N1c1ccc(CN)cc1. The summed E-state index contributed by atoms with van der Waals surface area (Å²) in [5, 5.41) is 0. The van der Waals surface area contributed by atoms with Gasteiger partial charge in [0.15, 0.2) is 0 Å². The summed E-state index contributed by atoms with van der Waals surface area (Å²) >= 11 is 0. The lowest BCUT2D eigenvalue weighted by Crippen LogP contribution is -2.44. The van der Waals surface area contributed by atoms with Gasteiger partial charge in [-0.1, -0.05) is 12.1 Å². The summed E-state index contributed by atoms with van der Waals surface area (Å²) in [7, 11) is 0. The second-order valence-electron chi connectivity index (χ2n) is 3.99. The third-order valence-corrected chi connectivity index (χ3v) is 2.85. The lowest BCUT2D eigenvalue weighted by Gasteiger charge is -2.32. The lowest BCUT2D eigenvalue weighted by molar-refractivity contribution is 0.131. The first-order valence-electron chi connectivity index (χ1n) is 5.47. The Morgan fingerprint density at radius 3 is 2.69 bits per heavy atom. The maximum atomic E-state index is 11.6. The van der Waals surface area contributed by atoms with Gasteiger partial charge in [-0.3, -0.25) is 4.90 Å². The molecule has 1 atom stereocenters. The van der Waals surface area contributed by atoms with E-state index in [2.05, 4.69) is 0 Å². The van der Waals surface area contributed by atoms with Crippen LogP contribution >= 0.6 is 0 Å². The number of carbonyl (C=O) groups excluding carboxylic acids is 1. The Bertz CT molecular complexity index is 375. The fourth-order valence-corrected chi connectivity index (χ4v) is 1.85. The molecule has 1 heterocycles. The van der Waals surface area contributed by atoms with Gasteiger partial charge in [0, 0.05) is 24.7 Å². The van der Waals surface area contributed by atoms with Crippen LogP contribution in [0.5, 0.6) is 0 Å². The molecule has 0 bridgehead atoms. The van der Waals surface area contributed by atoms with Crippen molar-refractivity contribution in [3.8, 4) is 0 Å². The summed E-state index contributed by atoms with van der Waals surface area (Å²) in [4.78, 5) is 13.3. The van der Waals surface area contributed by atoms with Gasteiger partial charge in [0.25, 0.3) is 0 Å². The zero-order chi connectivity index (χ0) is 11.5. The predicted octanol–water partition coefficient (Wildman–Crippen LogP) is 1.88. The maximum absolute atomic E-state index is 11.6. The van der Waals surface area contributed by atoms with Crippen molar-refractivity contribution in [3.63, 3.8) is 0 Å². The van der Waals surface area contributed by atoms with Crippen LogP contribution in [0.15, 0.2) is 24.3 Å². The van der Waals surface area contributed by atoms with E-state index in [1.807, 2.05) is 31.2 Å². The normalized spacial score (nSPS) is 20.8. The molecular formula is C12H16N2O2. The molecule has 4 heteroatoms. The number of amides is 1. The van der Waals surface area contributed by atoms with Crippen molar-refractivity contribution in [2.75, 3.05) is 11.5 Å². The number of rotatable bonds is 2. The van der Waals surface area contributed by atoms with Gasteiger partial charge in [-0.25, -0.2) is 4.79 Å². The zero-order valence-electron chi connectivity index (χ0n) is 9.35. The Morgan fingerprint density at radius 2 is 2.12 bits per heavy atom. The van der Waals surface area contributed by atoms with E-state index in [0.29, 0.717) is 13.2 Å². The van der Waals surface area contributed by atoms with Crippen molar-refractivity contribution in [1.29, 1.82) is 0 Å². The number of hydrogen-bond donors (Lipinski definition) is 1. The second kappa shape index (κ2) is 4.53. The van der Waals surface area contributed by atoms with E-state index in [1.165, 1.54) is 0 Å². The highest BCUT2D eigenvalue weighted by atomic mass is 16.6. The van der Waals surface area contributed by atoms with E-state index in [-0.39, 0.29) is 12.1 Å². The largest absolute Gasteiger partial charge is 0.449 e. The molecule has 1 aromatic carbocycles. The first kappa shape index (κ1) is 11.0. The van der Waals surface area contributed by atoms with E-state index in [9.17, 15) is 4.79 Å². The fraction of sp³-hybridized carbons (Fsp3) is 0.417. The summed E-state index contributed by atoms with van der Waals surface area (Å²) in [5.74, 6) is 0. The topological polar surface area (TPSA) is 55.6 Å². The van der Waals surface area contributed by atoms with E-state index in [1.54, 1.807) is 4.90 Å². The Labute approximate surface area is 95.0 Å². The highest BCUT2D eigenvalue weighted by Crippen LogP contribution is 2.23. The fourth-order valence-electron chi connectivity index (χ4n) is 1.85. The lowest BCUT2D eigenvalue weighted by atomic mass is 10.1. The van der Waals surface area contributed by atoms with Gasteiger partial charge >= 0.3 is 6.09 Å². The van der Waals surface area contributed by atoms with Gasteiger partial charge < -0.3 is 10.5 Å². The molecule has 2 rings (SSSR count). The monoisotopic (exact) mass is 220 g/mol. The smallest absolute Gasteiger partial charge is 0.414 e. The van der Waals surface area contributed by atoms with Crippen molar-refractivity contribution in [2.45, 2.75) is 25.9 Å². The average molecular weight is 220 g/mol. The van der Waals surface area contributed by atoms with Crippen molar-refractivity contribution in [1.82, 2.24) is 0 Å². The first-order chi connectivity index (χ1) is 7.72. The summed E-state index contributed by atoms with van der Waals surface area (Å²) in [5.41, 5.74) is 7.45. The molecule has 1 fully saturated rings. The highest BCUT2D eigenvalue weighted by Gasteiger charge is 2.27. The van der Waals surface area contributed by atoms with Crippen LogP contribution in [0.3, 0.4) is 0 Å². The molecule has 2 N–H and O–H groups in total. The van der Waals surface area contributed by atoms with Crippen LogP contribution in [0.1, 0.15) is 18.9 Å². The van der Waals surface area contributed by atoms with Gasteiger partial charge in [-0.15, -0.1) is 0 Å². The number of cyclic esters (lactones) is 1. The number of nitrogens with zero attached hydrogens (tertiary/aromatic N) is 1. The van der Waals surface area contributed by atoms with E-state index >= 15 is 0 Å². The standard InChI is InChI=1S/C12H16N2O2/c1-9-6-7-16-12(15)14(9)11-4-2-10(8-13)3-5-11/h2-5,9H,6-8,13H2,1H3. The minimum Gasteiger partial charge on any atom is -0.449 e. The van der Waals surface area contributed by atoms with E-state index < -0.39 is 0 Å². The second-order valence-corrected chi connectivity index (χ2v) is 3.99. The summed E-state index contributed by atoms with van der Waals surface area (Å²) in [6.07, 6.45) is 0.601. The first-order valence-corrected chi connectivity index (χ1v) is 5.47. The molecule has 0 aliphatic carbocycles. The zero-order valence-corrected chi connectivity index (χ0v) is 9.35. The summed E-state index contributed by atoms with van der Waals surface area (Å²) < 4.78 is 5.03. The number of hydrogen-bond acceptors (Lipinski definition) is 3. The highest BCUT2D eigenvalue weighted by molar-refractivity contribution is 5.88. The van der Waals surface area contributed by atoms with Crippen LogP contribution in [0, 0.1) is 0 Å².